The van der Waals surface area contributed by atoms with Crippen LogP contribution >= 0.6 is 0 Å². The summed E-state index contributed by atoms with van der Waals surface area (Å²) in [5, 5.41) is 0. The normalized spacial score (nSPS) is 10.9. The Morgan fingerprint density at radius 3 is 2.08 bits per heavy atom. The molecule has 0 aliphatic rings. The second-order valence-corrected chi connectivity index (χ2v) is 2.34. The highest BCUT2D eigenvalue weighted by Crippen LogP contribution is 2.10. The quantitative estimate of drug-likeness (QED) is 0.614. The van der Waals surface area contributed by atoms with E-state index in [1.54, 1.807) is 0 Å². The van der Waals surface area contributed by atoms with E-state index >= 15 is 0 Å². The van der Waals surface area contributed by atoms with Gasteiger partial charge in [0, 0.05) is 5.92 Å². The lowest BCUT2D eigenvalue weighted by atomic mass is 10.0. The molecule has 1 rings (SSSR count). The number of rotatable bonds is 2. The maximum atomic E-state index is 10.3. The Labute approximate surface area is 74.4 Å². The lowest BCUT2D eigenvalue weighted by Gasteiger charge is -2.00. The highest BCUT2D eigenvalue weighted by Gasteiger charge is 1.99. The van der Waals surface area contributed by atoms with Crippen molar-refractivity contribution in [3.63, 3.8) is 0 Å². The predicted octanol–water partition coefficient (Wildman–Crippen LogP) is 3.02. The summed E-state index contributed by atoms with van der Waals surface area (Å²) in [5.74, 6) is 0.0289. The Balaban J connectivity index is 0.000000561. The number of carbonyl (C=O) groups is 1. The van der Waals surface area contributed by atoms with Gasteiger partial charge in [-0.15, -0.1) is 0 Å². The molecule has 0 N–H and O–H groups in total. The number of aldehydes is 1. The SMILES string of the molecule is CC.CC(C=O)c1ccccc1. The molecule has 0 fully saturated rings. The molecule has 0 aliphatic carbocycles. The van der Waals surface area contributed by atoms with E-state index < -0.39 is 0 Å². The van der Waals surface area contributed by atoms with Crippen molar-refractivity contribution in [1.29, 1.82) is 0 Å². The van der Waals surface area contributed by atoms with Crippen molar-refractivity contribution in [3.05, 3.63) is 35.9 Å². The van der Waals surface area contributed by atoms with Crippen LogP contribution in [0.25, 0.3) is 0 Å². The summed E-state index contributed by atoms with van der Waals surface area (Å²) in [6.07, 6.45) is 0.954. The molecule has 0 spiro atoms. The Kier molecular flexibility index (Phi) is 5.98. The van der Waals surface area contributed by atoms with Gasteiger partial charge in [0.05, 0.1) is 0 Å². The molecule has 0 aromatic heterocycles. The second-order valence-electron chi connectivity index (χ2n) is 2.34. The van der Waals surface area contributed by atoms with Crippen molar-refractivity contribution in [1.82, 2.24) is 0 Å². The van der Waals surface area contributed by atoms with Crippen LogP contribution in [0.2, 0.25) is 0 Å². The highest BCUT2D eigenvalue weighted by atomic mass is 16.1. The molecule has 66 valence electrons. The van der Waals surface area contributed by atoms with Gasteiger partial charge in [-0.25, -0.2) is 0 Å². The number of hydrogen-bond acceptors (Lipinski definition) is 1. The molecule has 0 radical (unpaired) electrons. The van der Waals surface area contributed by atoms with Crippen LogP contribution in [0.15, 0.2) is 30.3 Å². The Morgan fingerprint density at radius 2 is 1.67 bits per heavy atom. The van der Waals surface area contributed by atoms with E-state index in [0.29, 0.717) is 0 Å². The van der Waals surface area contributed by atoms with Gasteiger partial charge in [-0.05, 0) is 5.56 Å². The molecule has 1 aromatic rings. The average Bonchev–Trinajstić information content (AvgIpc) is 2.21. The van der Waals surface area contributed by atoms with Gasteiger partial charge in [-0.1, -0.05) is 51.1 Å². The van der Waals surface area contributed by atoms with E-state index in [9.17, 15) is 4.79 Å². The third-order valence-electron chi connectivity index (χ3n) is 1.53. The molecule has 1 atom stereocenters. The Hall–Kier alpha value is -1.11. The van der Waals surface area contributed by atoms with E-state index in [4.69, 9.17) is 0 Å². The van der Waals surface area contributed by atoms with Crippen LogP contribution < -0.4 is 0 Å². The molecule has 1 heteroatoms. The zero-order valence-corrected chi connectivity index (χ0v) is 7.95. The van der Waals surface area contributed by atoms with Crippen LogP contribution in [0.4, 0.5) is 0 Å². The first-order valence-corrected chi connectivity index (χ1v) is 4.35. The highest BCUT2D eigenvalue weighted by molar-refractivity contribution is 5.61. The van der Waals surface area contributed by atoms with Gasteiger partial charge in [0.25, 0.3) is 0 Å². The molecule has 0 amide bonds. The first-order valence-electron chi connectivity index (χ1n) is 4.35. The summed E-state index contributed by atoms with van der Waals surface area (Å²) >= 11 is 0. The van der Waals surface area contributed by atoms with Gasteiger partial charge in [-0.2, -0.15) is 0 Å². The monoisotopic (exact) mass is 164 g/mol. The van der Waals surface area contributed by atoms with Gasteiger partial charge >= 0.3 is 0 Å². The van der Waals surface area contributed by atoms with E-state index in [1.165, 1.54) is 0 Å². The summed E-state index contributed by atoms with van der Waals surface area (Å²) < 4.78 is 0. The minimum absolute atomic E-state index is 0.0289. The summed E-state index contributed by atoms with van der Waals surface area (Å²) in [4.78, 5) is 10.3. The zero-order valence-electron chi connectivity index (χ0n) is 7.95. The first-order chi connectivity index (χ1) is 5.84. The van der Waals surface area contributed by atoms with Crippen LogP contribution in [0.1, 0.15) is 32.3 Å². The molecule has 0 aliphatic heterocycles. The molecule has 0 saturated carbocycles. The molecular formula is C11H16O. The lowest BCUT2D eigenvalue weighted by Crippen LogP contribution is -1.92. The van der Waals surface area contributed by atoms with Gasteiger partial charge in [0.2, 0.25) is 0 Å². The summed E-state index contributed by atoms with van der Waals surface area (Å²) in [7, 11) is 0. The molecule has 0 bridgehead atoms. The summed E-state index contributed by atoms with van der Waals surface area (Å²) in [6, 6.07) is 9.74. The maximum Gasteiger partial charge on any atom is 0.127 e. The molecule has 12 heavy (non-hydrogen) atoms. The van der Waals surface area contributed by atoms with Crippen molar-refractivity contribution in [2.75, 3.05) is 0 Å². The van der Waals surface area contributed by atoms with Gasteiger partial charge in [-0.3, -0.25) is 0 Å². The molecule has 1 nitrogen and oxygen atoms in total. The fourth-order valence-electron chi connectivity index (χ4n) is 0.835. The first kappa shape index (κ1) is 10.9. The van der Waals surface area contributed by atoms with Crippen molar-refractivity contribution in [3.8, 4) is 0 Å². The fraction of sp³-hybridized carbons (Fsp3) is 0.364. The smallest absolute Gasteiger partial charge is 0.127 e. The van der Waals surface area contributed by atoms with Gasteiger partial charge < -0.3 is 4.79 Å². The summed E-state index contributed by atoms with van der Waals surface area (Å²) in [5.41, 5.74) is 1.08. The largest absolute Gasteiger partial charge is 0.303 e. The van der Waals surface area contributed by atoms with Gasteiger partial charge in [0.15, 0.2) is 0 Å². The van der Waals surface area contributed by atoms with E-state index in [2.05, 4.69) is 0 Å². The predicted molar refractivity (Wildman–Crippen MR) is 52.3 cm³/mol. The molecule has 1 aromatic carbocycles. The van der Waals surface area contributed by atoms with E-state index in [0.717, 1.165) is 11.8 Å². The fourth-order valence-corrected chi connectivity index (χ4v) is 0.835. The lowest BCUT2D eigenvalue weighted by molar-refractivity contribution is -0.108. The minimum atomic E-state index is 0.0289. The van der Waals surface area contributed by atoms with E-state index in [-0.39, 0.29) is 5.92 Å². The molecule has 1 unspecified atom stereocenters. The average molecular weight is 164 g/mol. The second kappa shape index (κ2) is 6.59. The minimum Gasteiger partial charge on any atom is -0.303 e. The molecule has 0 heterocycles. The maximum absolute atomic E-state index is 10.3. The third-order valence-corrected chi connectivity index (χ3v) is 1.53. The van der Waals surface area contributed by atoms with Crippen LogP contribution in [0.3, 0.4) is 0 Å². The number of carbonyl (C=O) groups excluding carboxylic acids is 1. The number of hydrogen-bond donors (Lipinski definition) is 0. The Bertz CT molecular complexity index is 204. The third kappa shape index (κ3) is 3.33. The van der Waals surface area contributed by atoms with Crippen LogP contribution in [0.5, 0.6) is 0 Å². The van der Waals surface area contributed by atoms with Crippen molar-refractivity contribution in [2.24, 2.45) is 0 Å². The molecular weight excluding hydrogens is 148 g/mol. The molecule has 0 saturated heterocycles. The van der Waals surface area contributed by atoms with Crippen LogP contribution in [0, 0.1) is 0 Å². The van der Waals surface area contributed by atoms with Gasteiger partial charge in [0.1, 0.15) is 6.29 Å². The van der Waals surface area contributed by atoms with Crippen molar-refractivity contribution < 1.29 is 4.79 Å². The van der Waals surface area contributed by atoms with Crippen LogP contribution in [-0.2, 0) is 4.79 Å². The van der Waals surface area contributed by atoms with Crippen molar-refractivity contribution in [2.45, 2.75) is 26.7 Å². The Morgan fingerprint density at radius 1 is 1.17 bits per heavy atom. The summed E-state index contributed by atoms with van der Waals surface area (Å²) in [6.45, 7) is 5.89. The topological polar surface area (TPSA) is 17.1 Å². The van der Waals surface area contributed by atoms with E-state index in [1.807, 2.05) is 51.1 Å². The zero-order chi connectivity index (χ0) is 9.40. The standard InChI is InChI=1S/C9H10O.C2H6/c1-8(7-10)9-5-3-2-4-6-9;1-2/h2-8H,1H3;1-2H3. The van der Waals surface area contributed by atoms with Crippen LogP contribution in [-0.4, -0.2) is 6.29 Å². The number of benzene rings is 1. The van der Waals surface area contributed by atoms with Crippen molar-refractivity contribution >= 4 is 6.29 Å².